The summed E-state index contributed by atoms with van der Waals surface area (Å²) in [5, 5.41) is 4.75. The molecule has 3 rings (SSSR count). The van der Waals surface area contributed by atoms with Gasteiger partial charge in [0.25, 0.3) is 5.91 Å². The summed E-state index contributed by atoms with van der Waals surface area (Å²) in [4.78, 5) is 30.4. The number of hydrogen-bond acceptors (Lipinski definition) is 4. The summed E-state index contributed by atoms with van der Waals surface area (Å²) in [6, 6.07) is 3.88. The summed E-state index contributed by atoms with van der Waals surface area (Å²) >= 11 is 1.40. The van der Waals surface area contributed by atoms with E-state index in [2.05, 4.69) is 22.0 Å². The molecule has 1 aliphatic carbocycles. The van der Waals surface area contributed by atoms with Crippen LogP contribution in [0.3, 0.4) is 0 Å². The molecule has 0 spiro atoms. The summed E-state index contributed by atoms with van der Waals surface area (Å²) in [5.74, 6) is -0.0697. The average Bonchev–Trinajstić information content (AvgIpc) is 3.26. The van der Waals surface area contributed by atoms with Gasteiger partial charge in [0, 0.05) is 25.2 Å². The quantitative estimate of drug-likeness (QED) is 0.858. The van der Waals surface area contributed by atoms with Crippen LogP contribution in [0.1, 0.15) is 49.2 Å². The van der Waals surface area contributed by atoms with E-state index in [4.69, 9.17) is 0 Å². The number of rotatable bonds is 6. The highest BCUT2D eigenvalue weighted by Gasteiger charge is 2.40. The summed E-state index contributed by atoms with van der Waals surface area (Å²) in [6.45, 7) is 7.20. The maximum absolute atomic E-state index is 13.0. The van der Waals surface area contributed by atoms with Crippen LogP contribution < -0.4 is 5.32 Å². The number of carbonyl (C=O) groups is 2. The highest BCUT2D eigenvalue weighted by molar-refractivity contribution is 7.12. The molecule has 2 aliphatic rings. The van der Waals surface area contributed by atoms with Gasteiger partial charge in [-0.3, -0.25) is 9.59 Å². The lowest BCUT2D eigenvalue weighted by Gasteiger charge is -2.39. The summed E-state index contributed by atoms with van der Waals surface area (Å²) in [7, 11) is 0. The Morgan fingerprint density at radius 2 is 1.96 bits per heavy atom. The van der Waals surface area contributed by atoms with E-state index >= 15 is 0 Å². The first kappa shape index (κ1) is 17.4. The van der Waals surface area contributed by atoms with Crippen molar-refractivity contribution < 1.29 is 9.59 Å². The Kier molecular flexibility index (Phi) is 5.56. The first-order chi connectivity index (χ1) is 11.6. The van der Waals surface area contributed by atoms with Crippen LogP contribution in [0.15, 0.2) is 17.5 Å². The van der Waals surface area contributed by atoms with Gasteiger partial charge in [-0.2, -0.15) is 0 Å². The second-order valence-electron chi connectivity index (χ2n) is 6.81. The first-order valence-corrected chi connectivity index (χ1v) is 9.87. The van der Waals surface area contributed by atoms with Crippen molar-refractivity contribution in [2.45, 2.75) is 57.7 Å². The Labute approximate surface area is 148 Å². The minimum atomic E-state index is -0.468. The van der Waals surface area contributed by atoms with E-state index in [1.807, 2.05) is 18.4 Å². The van der Waals surface area contributed by atoms with Gasteiger partial charge >= 0.3 is 0 Å². The maximum Gasteiger partial charge on any atom is 0.261 e. The van der Waals surface area contributed by atoms with Crippen LogP contribution in [-0.2, 0) is 4.79 Å². The van der Waals surface area contributed by atoms with Gasteiger partial charge in [0.15, 0.2) is 0 Å². The van der Waals surface area contributed by atoms with Crippen LogP contribution in [0, 0.1) is 0 Å². The maximum atomic E-state index is 13.0. The van der Waals surface area contributed by atoms with Crippen molar-refractivity contribution in [3.63, 3.8) is 0 Å². The second kappa shape index (κ2) is 7.66. The molecule has 24 heavy (non-hydrogen) atoms. The lowest BCUT2D eigenvalue weighted by molar-refractivity contribution is -0.136. The number of nitrogens with one attached hydrogen (secondary N) is 1. The first-order valence-electron chi connectivity index (χ1n) is 8.99. The Morgan fingerprint density at radius 1 is 1.29 bits per heavy atom. The van der Waals surface area contributed by atoms with Crippen molar-refractivity contribution in [3.05, 3.63) is 22.4 Å². The van der Waals surface area contributed by atoms with Gasteiger partial charge in [-0.25, -0.2) is 0 Å². The third-order valence-electron chi connectivity index (χ3n) is 5.06. The molecule has 1 saturated carbocycles. The highest BCUT2D eigenvalue weighted by Crippen LogP contribution is 2.32. The molecular weight excluding hydrogens is 322 g/mol. The molecule has 0 bridgehead atoms. The molecule has 2 fully saturated rings. The predicted molar refractivity (Wildman–Crippen MR) is 96.3 cm³/mol. The molecule has 0 unspecified atom stereocenters. The summed E-state index contributed by atoms with van der Waals surface area (Å²) < 4.78 is 0. The third-order valence-corrected chi connectivity index (χ3v) is 5.92. The number of thiophene rings is 1. The fraction of sp³-hybridized carbons (Fsp3) is 0.667. The van der Waals surface area contributed by atoms with E-state index in [1.165, 1.54) is 11.3 Å². The van der Waals surface area contributed by atoms with E-state index in [0.29, 0.717) is 17.0 Å². The monoisotopic (exact) mass is 349 g/mol. The molecular formula is C18H27N3O2S. The number of likely N-dealkylation sites (tertiary alicyclic amines) is 1. The number of hydrogen-bond donors (Lipinski definition) is 1. The lowest BCUT2D eigenvalue weighted by atomic mass is 10.0. The van der Waals surface area contributed by atoms with E-state index < -0.39 is 6.04 Å². The van der Waals surface area contributed by atoms with E-state index in [0.717, 1.165) is 45.3 Å². The Hall–Kier alpha value is -1.40. The molecule has 1 saturated heterocycles. The van der Waals surface area contributed by atoms with Crippen LogP contribution in [0.25, 0.3) is 0 Å². The fourth-order valence-corrected chi connectivity index (χ4v) is 4.11. The number of amides is 2. The predicted octanol–water partition coefficient (Wildman–Crippen LogP) is 2.34. The normalized spacial score (nSPS) is 20.6. The van der Waals surface area contributed by atoms with E-state index in [9.17, 15) is 9.59 Å². The molecule has 5 nitrogen and oxygen atoms in total. The van der Waals surface area contributed by atoms with Gasteiger partial charge in [-0.05, 0) is 50.6 Å². The average molecular weight is 350 g/mol. The summed E-state index contributed by atoms with van der Waals surface area (Å²) in [5.41, 5.74) is 0. The minimum Gasteiger partial charge on any atom is -0.340 e. The molecule has 2 amide bonds. The smallest absolute Gasteiger partial charge is 0.261 e. The zero-order valence-corrected chi connectivity index (χ0v) is 15.3. The van der Waals surface area contributed by atoms with Crippen LogP contribution in [0.2, 0.25) is 0 Å². The molecule has 0 radical (unpaired) electrons. The van der Waals surface area contributed by atoms with Crippen LogP contribution in [0.5, 0.6) is 0 Å². The van der Waals surface area contributed by atoms with Gasteiger partial charge in [-0.15, -0.1) is 11.3 Å². The standard InChI is InChI=1S/C18H27N3O2S/c1-3-20-10-8-15(9-11-20)21(14-6-7-14)18(23)13(2)19-17(22)16-5-4-12-24-16/h4-5,12-15H,3,6-11H2,1-2H3,(H,19,22)/t13-/m0/s1. The van der Waals surface area contributed by atoms with Crippen molar-refractivity contribution in [1.29, 1.82) is 0 Å². The zero-order chi connectivity index (χ0) is 17.1. The largest absolute Gasteiger partial charge is 0.340 e. The molecule has 1 aromatic heterocycles. The van der Waals surface area contributed by atoms with Crippen LogP contribution >= 0.6 is 11.3 Å². The fourth-order valence-electron chi connectivity index (χ4n) is 3.49. The van der Waals surface area contributed by atoms with Crippen molar-refractivity contribution >= 4 is 23.2 Å². The molecule has 6 heteroatoms. The van der Waals surface area contributed by atoms with Crippen molar-refractivity contribution in [2.24, 2.45) is 0 Å². The van der Waals surface area contributed by atoms with Gasteiger partial charge in [0.05, 0.1) is 4.88 Å². The Morgan fingerprint density at radius 3 is 2.50 bits per heavy atom. The van der Waals surface area contributed by atoms with Gasteiger partial charge in [0.1, 0.15) is 6.04 Å². The number of carbonyl (C=O) groups excluding carboxylic acids is 2. The van der Waals surface area contributed by atoms with Crippen molar-refractivity contribution in [1.82, 2.24) is 15.1 Å². The molecule has 132 valence electrons. The Bertz CT molecular complexity index is 563. The number of piperidine rings is 1. The van der Waals surface area contributed by atoms with Crippen LogP contribution in [0.4, 0.5) is 0 Å². The molecule has 0 aromatic carbocycles. The molecule has 1 aliphatic heterocycles. The van der Waals surface area contributed by atoms with Crippen LogP contribution in [-0.4, -0.2) is 59.4 Å². The SMILES string of the molecule is CCN1CCC(N(C(=O)[C@H](C)NC(=O)c2cccs2)C2CC2)CC1. The summed E-state index contributed by atoms with van der Waals surface area (Å²) in [6.07, 6.45) is 4.29. The Balaban J connectivity index is 1.61. The zero-order valence-electron chi connectivity index (χ0n) is 14.5. The minimum absolute atomic E-state index is 0.0809. The van der Waals surface area contributed by atoms with Gasteiger partial charge in [-0.1, -0.05) is 13.0 Å². The molecule has 1 aromatic rings. The lowest BCUT2D eigenvalue weighted by Crippen LogP contribution is -2.54. The van der Waals surface area contributed by atoms with Crippen molar-refractivity contribution in [2.75, 3.05) is 19.6 Å². The highest BCUT2D eigenvalue weighted by atomic mass is 32.1. The molecule has 1 N–H and O–H groups in total. The molecule has 2 heterocycles. The second-order valence-corrected chi connectivity index (χ2v) is 7.76. The van der Waals surface area contributed by atoms with Gasteiger partial charge < -0.3 is 15.1 Å². The van der Waals surface area contributed by atoms with Gasteiger partial charge in [0.2, 0.25) is 5.91 Å². The van der Waals surface area contributed by atoms with E-state index in [1.54, 1.807) is 6.07 Å². The van der Waals surface area contributed by atoms with Crippen molar-refractivity contribution in [3.8, 4) is 0 Å². The number of nitrogens with zero attached hydrogens (tertiary/aromatic N) is 2. The topological polar surface area (TPSA) is 52.6 Å². The third kappa shape index (κ3) is 3.98. The molecule has 1 atom stereocenters. The van der Waals surface area contributed by atoms with E-state index in [-0.39, 0.29) is 11.8 Å².